The van der Waals surface area contributed by atoms with Gasteiger partial charge in [0.1, 0.15) is 5.69 Å². The van der Waals surface area contributed by atoms with Gasteiger partial charge in [0.2, 0.25) is 5.95 Å². The van der Waals surface area contributed by atoms with E-state index in [4.69, 9.17) is 0 Å². The number of hydrogen-bond donors (Lipinski definition) is 2. The number of carbonyl (C=O) groups excluding carboxylic acids is 1. The molecule has 7 nitrogen and oxygen atoms in total. The van der Waals surface area contributed by atoms with Gasteiger partial charge in [0, 0.05) is 55.3 Å². The summed E-state index contributed by atoms with van der Waals surface area (Å²) in [4.78, 5) is 30.4. The number of piperidine rings is 1. The zero-order chi connectivity index (χ0) is 17.5. The molecule has 4 heterocycles. The maximum absolute atomic E-state index is 12.3. The molecule has 3 aromatic heterocycles. The predicted octanol–water partition coefficient (Wildman–Crippen LogP) is 1.86. The fraction of sp³-hybridized carbons (Fsp3) is 0.368. The second kappa shape index (κ2) is 6.09. The Morgan fingerprint density at radius 2 is 2.04 bits per heavy atom. The molecule has 1 aliphatic carbocycles. The van der Waals surface area contributed by atoms with E-state index < -0.39 is 0 Å². The second-order valence-electron chi connectivity index (χ2n) is 7.14. The largest absolute Gasteiger partial charge is 0.351 e. The smallest absolute Gasteiger partial charge is 0.267 e. The molecule has 2 N–H and O–H groups in total. The fourth-order valence-electron chi connectivity index (χ4n) is 4.24. The van der Waals surface area contributed by atoms with E-state index in [-0.39, 0.29) is 5.91 Å². The van der Waals surface area contributed by atoms with Crippen LogP contribution < -0.4 is 10.2 Å². The van der Waals surface area contributed by atoms with Crippen molar-refractivity contribution in [2.24, 2.45) is 17.8 Å². The molecular formula is C19H20N6O. The summed E-state index contributed by atoms with van der Waals surface area (Å²) < 4.78 is 0. The molecule has 2 fully saturated rings. The SMILES string of the molecule is O=C(NCCC1[C@H]2CN(c3ncccn3)C[C@@H]12)c1cc2cnccc2[nH]1. The predicted molar refractivity (Wildman–Crippen MR) is 97.8 cm³/mol. The fourth-order valence-corrected chi connectivity index (χ4v) is 4.24. The number of pyridine rings is 1. The summed E-state index contributed by atoms with van der Waals surface area (Å²) in [6.45, 7) is 2.77. The van der Waals surface area contributed by atoms with Gasteiger partial charge >= 0.3 is 0 Å². The van der Waals surface area contributed by atoms with Crippen LogP contribution >= 0.6 is 0 Å². The first-order chi connectivity index (χ1) is 12.8. The van der Waals surface area contributed by atoms with Crippen LogP contribution in [0.1, 0.15) is 16.9 Å². The summed E-state index contributed by atoms with van der Waals surface area (Å²) in [5, 5.41) is 3.99. The number of nitrogens with one attached hydrogen (secondary N) is 2. The molecule has 1 amide bonds. The Kier molecular flexibility index (Phi) is 3.58. The number of anilines is 1. The van der Waals surface area contributed by atoms with Crippen molar-refractivity contribution in [2.45, 2.75) is 6.42 Å². The molecule has 3 atom stereocenters. The van der Waals surface area contributed by atoms with E-state index in [0.717, 1.165) is 48.2 Å². The number of amides is 1. The van der Waals surface area contributed by atoms with Gasteiger partial charge in [-0.2, -0.15) is 0 Å². The molecular weight excluding hydrogens is 328 g/mol. The number of aromatic nitrogens is 4. The van der Waals surface area contributed by atoms with E-state index in [0.29, 0.717) is 18.2 Å². The molecule has 132 valence electrons. The van der Waals surface area contributed by atoms with E-state index in [1.807, 2.05) is 18.2 Å². The van der Waals surface area contributed by atoms with Gasteiger partial charge in [0.25, 0.3) is 5.91 Å². The minimum absolute atomic E-state index is 0.0497. The minimum atomic E-state index is -0.0497. The molecule has 7 heteroatoms. The standard InChI is InChI=1S/C19H20N6O/c26-18(17-8-12-9-20-6-3-16(12)24-17)21-7-2-13-14-10-25(11-15(13)14)19-22-4-1-5-23-19/h1,3-6,8-9,13-15,24H,2,7,10-11H2,(H,21,26)/t13?,14-,15+. The average molecular weight is 348 g/mol. The molecule has 0 bridgehead atoms. The summed E-state index contributed by atoms with van der Waals surface area (Å²) in [5.41, 5.74) is 1.53. The normalized spacial score (nSPS) is 23.8. The maximum atomic E-state index is 12.3. The Hall–Kier alpha value is -2.96. The van der Waals surface area contributed by atoms with Crippen molar-refractivity contribution in [2.75, 3.05) is 24.5 Å². The Labute approximate surface area is 150 Å². The average Bonchev–Trinajstić information content (AvgIpc) is 3.07. The number of hydrogen-bond acceptors (Lipinski definition) is 5. The Bertz CT molecular complexity index is 894. The van der Waals surface area contributed by atoms with Gasteiger partial charge in [-0.15, -0.1) is 0 Å². The summed E-state index contributed by atoms with van der Waals surface area (Å²) in [5.74, 6) is 2.93. The molecule has 0 radical (unpaired) electrons. The monoisotopic (exact) mass is 348 g/mol. The van der Waals surface area contributed by atoms with Crippen LogP contribution in [-0.2, 0) is 0 Å². The van der Waals surface area contributed by atoms with E-state index in [1.54, 1.807) is 24.8 Å². The van der Waals surface area contributed by atoms with Crippen LogP contribution in [0.3, 0.4) is 0 Å². The van der Waals surface area contributed by atoms with Crippen molar-refractivity contribution < 1.29 is 4.79 Å². The highest BCUT2D eigenvalue weighted by Crippen LogP contribution is 2.53. The van der Waals surface area contributed by atoms with E-state index in [1.165, 1.54) is 0 Å². The third-order valence-corrected chi connectivity index (χ3v) is 5.64. The summed E-state index contributed by atoms with van der Waals surface area (Å²) in [6, 6.07) is 5.57. The van der Waals surface area contributed by atoms with Gasteiger partial charge in [-0.25, -0.2) is 9.97 Å². The number of carbonyl (C=O) groups is 1. The van der Waals surface area contributed by atoms with Crippen molar-refractivity contribution in [3.05, 3.63) is 48.7 Å². The lowest BCUT2D eigenvalue weighted by Crippen LogP contribution is -2.28. The quantitative estimate of drug-likeness (QED) is 0.735. The molecule has 0 spiro atoms. The molecule has 1 saturated carbocycles. The van der Waals surface area contributed by atoms with Gasteiger partial charge in [-0.3, -0.25) is 9.78 Å². The maximum Gasteiger partial charge on any atom is 0.267 e. The molecule has 1 saturated heterocycles. The van der Waals surface area contributed by atoms with Crippen molar-refractivity contribution in [1.29, 1.82) is 0 Å². The first-order valence-electron chi connectivity index (χ1n) is 9.02. The highest BCUT2D eigenvalue weighted by atomic mass is 16.1. The highest BCUT2D eigenvalue weighted by molar-refractivity contribution is 5.97. The molecule has 26 heavy (non-hydrogen) atoms. The van der Waals surface area contributed by atoms with Gasteiger partial charge in [0.15, 0.2) is 0 Å². The molecule has 0 aromatic carbocycles. The van der Waals surface area contributed by atoms with Crippen LogP contribution in [0.25, 0.3) is 10.9 Å². The minimum Gasteiger partial charge on any atom is -0.351 e. The Balaban J connectivity index is 1.11. The third-order valence-electron chi connectivity index (χ3n) is 5.64. The lowest BCUT2D eigenvalue weighted by atomic mass is 10.2. The van der Waals surface area contributed by atoms with Crippen molar-refractivity contribution in [3.8, 4) is 0 Å². The zero-order valence-corrected chi connectivity index (χ0v) is 14.3. The third kappa shape index (κ3) is 2.69. The topological polar surface area (TPSA) is 86.8 Å². The Morgan fingerprint density at radius 3 is 2.81 bits per heavy atom. The summed E-state index contributed by atoms with van der Waals surface area (Å²) in [7, 11) is 0. The van der Waals surface area contributed by atoms with Gasteiger partial charge < -0.3 is 15.2 Å². The van der Waals surface area contributed by atoms with Crippen LogP contribution in [0.5, 0.6) is 0 Å². The molecule has 5 rings (SSSR count). The number of rotatable bonds is 5. The summed E-state index contributed by atoms with van der Waals surface area (Å²) >= 11 is 0. The van der Waals surface area contributed by atoms with Crippen LogP contribution in [0.15, 0.2) is 43.0 Å². The molecule has 1 unspecified atom stereocenters. The Morgan fingerprint density at radius 1 is 1.23 bits per heavy atom. The van der Waals surface area contributed by atoms with Crippen molar-refractivity contribution >= 4 is 22.8 Å². The number of H-pyrrole nitrogens is 1. The molecule has 1 aliphatic heterocycles. The van der Waals surface area contributed by atoms with Crippen LogP contribution in [0, 0.1) is 17.8 Å². The lowest BCUT2D eigenvalue weighted by Gasteiger charge is -2.19. The number of fused-ring (bicyclic) bond motifs is 2. The van der Waals surface area contributed by atoms with Gasteiger partial charge in [0.05, 0.1) is 0 Å². The molecule has 3 aromatic rings. The van der Waals surface area contributed by atoms with Crippen molar-refractivity contribution in [1.82, 2.24) is 25.3 Å². The first kappa shape index (κ1) is 15.3. The van der Waals surface area contributed by atoms with Crippen molar-refractivity contribution in [3.63, 3.8) is 0 Å². The number of aromatic amines is 1. The van der Waals surface area contributed by atoms with Gasteiger partial charge in [-0.1, -0.05) is 0 Å². The van der Waals surface area contributed by atoms with Crippen LogP contribution in [0.2, 0.25) is 0 Å². The summed E-state index contributed by atoms with van der Waals surface area (Å²) in [6.07, 6.45) is 8.09. The zero-order valence-electron chi connectivity index (χ0n) is 14.3. The number of nitrogens with zero attached hydrogens (tertiary/aromatic N) is 4. The highest BCUT2D eigenvalue weighted by Gasteiger charge is 2.55. The van der Waals surface area contributed by atoms with E-state index in [2.05, 4.69) is 30.2 Å². The first-order valence-corrected chi connectivity index (χ1v) is 9.02. The van der Waals surface area contributed by atoms with Crippen LogP contribution in [0.4, 0.5) is 5.95 Å². The second-order valence-corrected chi connectivity index (χ2v) is 7.14. The van der Waals surface area contributed by atoms with E-state index >= 15 is 0 Å². The molecule has 2 aliphatic rings. The van der Waals surface area contributed by atoms with Crippen LogP contribution in [-0.4, -0.2) is 45.5 Å². The van der Waals surface area contributed by atoms with Gasteiger partial charge in [-0.05, 0) is 42.4 Å². The van der Waals surface area contributed by atoms with E-state index in [9.17, 15) is 4.79 Å². The lowest BCUT2D eigenvalue weighted by molar-refractivity contribution is 0.0948.